The molecule has 2 rings (SSSR count). The zero-order valence-corrected chi connectivity index (χ0v) is 11.2. The molecule has 100 valence electrons. The molecule has 0 radical (unpaired) electrons. The Hall–Kier alpha value is -1.48. The number of halogens is 4. The van der Waals surface area contributed by atoms with E-state index >= 15 is 0 Å². The van der Waals surface area contributed by atoms with Crippen LogP contribution in [0.25, 0.3) is 0 Å². The molecule has 0 bridgehead atoms. The van der Waals surface area contributed by atoms with Crippen molar-refractivity contribution in [3.05, 3.63) is 70.0 Å². The Bertz CT molecular complexity index is 623. The van der Waals surface area contributed by atoms with E-state index in [9.17, 15) is 13.2 Å². The molecule has 0 aliphatic rings. The van der Waals surface area contributed by atoms with E-state index in [4.69, 9.17) is 11.6 Å². The molecule has 0 N–H and O–H groups in total. The summed E-state index contributed by atoms with van der Waals surface area (Å²) in [6, 6.07) is 6.62. The summed E-state index contributed by atoms with van der Waals surface area (Å²) in [7, 11) is 0. The Morgan fingerprint density at radius 3 is 2.11 bits per heavy atom. The monoisotopic (exact) mass is 284 g/mol. The van der Waals surface area contributed by atoms with Crippen LogP contribution in [0.5, 0.6) is 0 Å². The van der Waals surface area contributed by atoms with Crippen molar-refractivity contribution in [3.63, 3.8) is 0 Å². The van der Waals surface area contributed by atoms with E-state index in [2.05, 4.69) is 0 Å². The Labute approximate surface area is 114 Å². The normalized spacial score (nSPS) is 12.5. The maximum Gasteiger partial charge on any atom is 0.131 e. The van der Waals surface area contributed by atoms with Crippen molar-refractivity contribution in [2.24, 2.45) is 0 Å². The highest BCUT2D eigenvalue weighted by molar-refractivity contribution is 6.22. The summed E-state index contributed by atoms with van der Waals surface area (Å²) in [5, 5.41) is -0.852. The molecule has 1 unspecified atom stereocenters. The highest BCUT2D eigenvalue weighted by Crippen LogP contribution is 2.32. The second-order valence-corrected chi connectivity index (χ2v) is 4.93. The van der Waals surface area contributed by atoms with Crippen LogP contribution in [-0.4, -0.2) is 0 Å². The molecular weight excluding hydrogens is 273 g/mol. The maximum atomic E-state index is 13.7. The standard InChI is InChI=1S/C15H12ClF3/c1-8-3-4-10(6-12(8)17)15(16)11-5-9(2)13(18)7-14(11)19/h3-7,15H,1-2H3. The van der Waals surface area contributed by atoms with E-state index in [1.807, 2.05) is 0 Å². The lowest BCUT2D eigenvalue weighted by molar-refractivity contribution is 0.567. The Balaban J connectivity index is 2.46. The number of hydrogen-bond acceptors (Lipinski definition) is 0. The molecule has 0 heterocycles. The summed E-state index contributed by atoms with van der Waals surface area (Å²) >= 11 is 6.16. The fourth-order valence-electron chi connectivity index (χ4n) is 1.82. The quantitative estimate of drug-likeness (QED) is 0.677. The Morgan fingerprint density at radius 1 is 0.842 bits per heavy atom. The van der Waals surface area contributed by atoms with Gasteiger partial charge in [0.1, 0.15) is 17.5 Å². The van der Waals surface area contributed by atoms with Crippen molar-refractivity contribution in [3.8, 4) is 0 Å². The predicted molar refractivity (Wildman–Crippen MR) is 69.9 cm³/mol. The molecule has 0 amide bonds. The van der Waals surface area contributed by atoms with Crippen LogP contribution in [0.15, 0.2) is 30.3 Å². The minimum atomic E-state index is -0.852. The van der Waals surface area contributed by atoms with Gasteiger partial charge in [0.15, 0.2) is 0 Å². The van der Waals surface area contributed by atoms with Gasteiger partial charge in [-0.3, -0.25) is 0 Å². The van der Waals surface area contributed by atoms with Gasteiger partial charge in [-0.25, -0.2) is 13.2 Å². The Kier molecular flexibility index (Phi) is 3.85. The van der Waals surface area contributed by atoms with Crippen LogP contribution in [0.1, 0.15) is 27.6 Å². The largest absolute Gasteiger partial charge is 0.207 e. The van der Waals surface area contributed by atoms with Crippen molar-refractivity contribution >= 4 is 11.6 Å². The lowest BCUT2D eigenvalue weighted by Gasteiger charge is -2.13. The van der Waals surface area contributed by atoms with Crippen molar-refractivity contribution in [1.82, 2.24) is 0 Å². The first kappa shape index (κ1) is 13.9. The average molecular weight is 285 g/mol. The van der Waals surface area contributed by atoms with Gasteiger partial charge >= 0.3 is 0 Å². The third kappa shape index (κ3) is 2.76. The summed E-state index contributed by atoms with van der Waals surface area (Å²) in [4.78, 5) is 0. The lowest BCUT2D eigenvalue weighted by atomic mass is 10.0. The van der Waals surface area contributed by atoms with Gasteiger partial charge < -0.3 is 0 Å². The van der Waals surface area contributed by atoms with E-state index in [1.54, 1.807) is 19.1 Å². The third-order valence-electron chi connectivity index (χ3n) is 3.04. The van der Waals surface area contributed by atoms with Gasteiger partial charge in [-0.05, 0) is 42.7 Å². The van der Waals surface area contributed by atoms with Crippen LogP contribution in [0.2, 0.25) is 0 Å². The van der Waals surface area contributed by atoms with Crippen LogP contribution in [0, 0.1) is 31.3 Å². The fraction of sp³-hybridized carbons (Fsp3) is 0.200. The summed E-state index contributed by atoms with van der Waals surface area (Å²) in [6.45, 7) is 3.16. The molecule has 4 heteroatoms. The van der Waals surface area contributed by atoms with Gasteiger partial charge in [-0.2, -0.15) is 0 Å². The summed E-state index contributed by atoms with van der Waals surface area (Å²) < 4.78 is 40.4. The number of benzene rings is 2. The zero-order valence-electron chi connectivity index (χ0n) is 10.5. The molecule has 0 saturated carbocycles. The minimum Gasteiger partial charge on any atom is -0.207 e. The Morgan fingerprint density at radius 2 is 1.47 bits per heavy atom. The summed E-state index contributed by atoms with van der Waals surface area (Å²) in [5.41, 5.74) is 1.37. The molecule has 0 fully saturated rings. The lowest BCUT2D eigenvalue weighted by Crippen LogP contribution is -2.00. The van der Waals surface area contributed by atoms with Crippen LogP contribution in [0.4, 0.5) is 13.2 Å². The molecule has 2 aromatic carbocycles. The number of alkyl halides is 1. The SMILES string of the molecule is Cc1ccc(C(Cl)c2cc(C)c(F)cc2F)cc1F. The van der Waals surface area contributed by atoms with Crippen molar-refractivity contribution in [2.45, 2.75) is 19.2 Å². The van der Waals surface area contributed by atoms with Crippen LogP contribution >= 0.6 is 11.6 Å². The van der Waals surface area contributed by atoms with Gasteiger partial charge in [0.25, 0.3) is 0 Å². The van der Waals surface area contributed by atoms with E-state index < -0.39 is 22.8 Å². The summed E-state index contributed by atoms with van der Waals surface area (Å²) in [6.07, 6.45) is 0. The first-order valence-corrected chi connectivity index (χ1v) is 6.19. The minimum absolute atomic E-state index is 0.142. The van der Waals surface area contributed by atoms with Gasteiger partial charge in [0.05, 0.1) is 5.38 Å². The number of hydrogen-bond donors (Lipinski definition) is 0. The predicted octanol–water partition coefficient (Wildman–Crippen LogP) is 5.05. The van der Waals surface area contributed by atoms with E-state index in [0.717, 1.165) is 6.07 Å². The second-order valence-electron chi connectivity index (χ2n) is 4.49. The fourth-order valence-corrected chi connectivity index (χ4v) is 2.12. The number of aryl methyl sites for hydroxylation is 2. The molecule has 1 atom stereocenters. The molecule has 0 aliphatic carbocycles. The zero-order chi connectivity index (χ0) is 14.2. The van der Waals surface area contributed by atoms with Crippen LogP contribution in [0.3, 0.4) is 0 Å². The van der Waals surface area contributed by atoms with Crippen molar-refractivity contribution in [1.29, 1.82) is 0 Å². The van der Waals surface area contributed by atoms with Gasteiger partial charge in [-0.1, -0.05) is 12.1 Å². The van der Waals surface area contributed by atoms with Gasteiger partial charge in [-0.15, -0.1) is 11.6 Å². The molecular formula is C15H12ClF3. The van der Waals surface area contributed by atoms with Crippen molar-refractivity contribution < 1.29 is 13.2 Å². The van der Waals surface area contributed by atoms with Crippen molar-refractivity contribution in [2.75, 3.05) is 0 Å². The third-order valence-corrected chi connectivity index (χ3v) is 3.53. The van der Waals surface area contributed by atoms with Crippen LogP contribution < -0.4 is 0 Å². The number of rotatable bonds is 2. The second kappa shape index (κ2) is 5.25. The average Bonchev–Trinajstić information content (AvgIpc) is 2.36. The maximum absolute atomic E-state index is 13.7. The molecule has 0 nitrogen and oxygen atoms in total. The topological polar surface area (TPSA) is 0 Å². The molecule has 0 aromatic heterocycles. The first-order valence-electron chi connectivity index (χ1n) is 5.76. The first-order chi connectivity index (χ1) is 8.90. The van der Waals surface area contributed by atoms with E-state index in [0.29, 0.717) is 16.7 Å². The molecule has 2 aromatic rings. The molecule has 0 aliphatic heterocycles. The summed E-state index contributed by atoms with van der Waals surface area (Å²) in [5.74, 6) is -1.76. The highest BCUT2D eigenvalue weighted by atomic mass is 35.5. The van der Waals surface area contributed by atoms with Gasteiger partial charge in [0.2, 0.25) is 0 Å². The molecule has 19 heavy (non-hydrogen) atoms. The van der Waals surface area contributed by atoms with Gasteiger partial charge in [0, 0.05) is 11.6 Å². The molecule has 0 saturated heterocycles. The highest BCUT2D eigenvalue weighted by Gasteiger charge is 2.18. The van der Waals surface area contributed by atoms with Crippen LogP contribution in [-0.2, 0) is 0 Å². The molecule has 0 spiro atoms. The van der Waals surface area contributed by atoms with E-state index in [-0.39, 0.29) is 5.56 Å². The van der Waals surface area contributed by atoms with E-state index in [1.165, 1.54) is 19.1 Å². The smallest absolute Gasteiger partial charge is 0.131 e.